The standard InChI is InChI=1S/C22H29FN4O3/c1-21(2,3)30-20(29)26-9-7-22(15-26)6-8-25(14-22)10-11-27-18-12-16(23)13-24-17(18)4-5-19(27)28/h4-5,12-13H,6-11,14-15H2,1-3H3. The zero-order valence-corrected chi connectivity index (χ0v) is 17.9. The smallest absolute Gasteiger partial charge is 0.410 e. The minimum absolute atomic E-state index is 0.0916. The zero-order chi connectivity index (χ0) is 21.5. The van der Waals surface area contributed by atoms with Gasteiger partial charge < -0.3 is 19.1 Å². The Balaban J connectivity index is 1.39. The van der Waals surface area contributed by atoms with Crippen LogP contribution in [0.15, 0.2) is 29.2 Å². The van der Waals surface area contributed by atoms with E-state index in [1.807, 2.05) is 25.7 Å². The molecule has 30 heavy (non-hydrogen) atoms. The van der Waals surface area contributed by atoms with E-state index in [1.54, 1.807) is 10.6 Å². The van der Waals surface area contributed by atoms with Crippen molar-refractivity contribution in [3.8, 4) is 0 Å². The number of aromatic nitrogens is 2. The molecule has 1 spiro atoms. The Morgan fingerprint density at radius 3 is 2.73 bits per heavy atom. The fourth-order valence-corrected chi connectivity index (χ4v) is 4.58. The molecular formula is C22H29FN4O3. The monoisotopic (exact) mass is 416 g/mol. The molecule has 8 heteroatoms. The van der Waals surface area contributed by atoms with E-state index in [0.29, 0.717) is 30.7 Å². The van der Waals surface area contributed by atoms with Gasteiger partial charge in [0.05, 0.1) is 17.2 Å². The van der Waals surface area contributed by atoms with Crippen LogP contribution in [0.4, 0.5) is 9.18 Å². The zero-order valence-electron chi connectivity index (χ0n) is 17.9. The molecule has 1 unspecified atom stereocenters. The number of carbonyl (C=O) groups is 1. The van der Waals surface area contributed by atoms with E-state index in [-0.39, 0.29) is 17.1 Å². The second-order valence-electron chi connectivity index (χ2n) is 9.56. The summed E-state index contributed by atoms with van der Waals surface area (Å²) < 4.78 is 20.8. The summed E-state index contributed by atoms with van der Waals surface area (Å²) >= 11 is 0. The second-order valence-corrected chi connectivity index (χ2v) is 9.56. The Morgan fingerprint density at radius 1 is 1.20 bits per heavy atom. The van der Waals surface area contributed by atoms with Crippen molar-refractivity contribution >= 4 is 17.1 Å². The molecule has 2 aliphatic heterocycles. The van der Waals surface area contributed by atoms with Crippen LogP contribution in [0.5, 0.6) is 0 Å². The first-order valence-corrected chi connectivity index (χ1v) is 10.5. The molecule has 1 amide bonds. The third-order valence-corrected chi connectivity index (χ3v) is 6.05. The van der Waals surface area contributed by atoms with Crippen LogP contribution in [-0.4, -0.2) is 63.8 Å². The number of fused-ring (bicyclic) bond motifs is 1. The van der Waals surface area contributed by atoms with Crippen molar-refractivity contribution in [3.05, 3.63) is 40.6 Å². The number of rotatable bonds is 3. The lowest BCUT2D eigenvalue weighted by Crippen LogP contribution is -2.38. The van der Waals surface area contributed by atoms with Gasteiger partial charge in [-0.2, -0.15) is 0 Å². The Kier molecular flexibility index (Phi) is 5.30. The van der Waals surface area contributed by atoms with Gasteiger partial charge in [0.2, 0.25) is 0 Å². The fourth-order valence-electron chi connectivity index (χ4n) is 4.58. The molecule has 0 radical (unpaired) electrons. The third kappa shape index (κ3) is 4.33. The van der Waals surface area contributed by atoms with Gasteiger partial charge in [0, 0.05) is 50.3 Å². The molecule has 2 aromatic heterocycles. The summed E-state index contributed by atoms with van der Waals surface area (Å²) in [5.41, 5.74) is 0.579. The summed E-state index contributed by atoms with van der Waals surface area (Å²) in [5, 5.41) is 0. The van der Waals surface area contributed by atoms with Crippen molar-refractivity contribution in [2.75, 3.05) is 32.7 Å². The van der Waals surface area contributed by atoms with Crippen LogP contribution in [0.3, 0.4) is 0 Å². The molecule has 7 nitrogen and oxygen atoms in total. The lowest BCUT2D eigenvalue weighted by Gasteiger charge is -2.27. The maximum Gasteiger partial charge on any atom is 0.410 e. The predicted molar refractivity (Wildman–Crippen MR) is 112 cm³/mol. The molecule has 0 aromatic carbocycles. The molecule has 2 aromatic rings. The number of carbonyl (C=O) groups excluding carboxylic acids is 1. The van der Waals surface area contributed by atoms with Crippen molar-refractivity contribution in [1.29, 1.82) is 0 Å². The van der Waals surface area contributed by atoms with E-state index in [9.17, 15) is 14.0 Å². The van der Waals surface area contributed by atoms with Crippen LogP contribution in [0, 0.1) is 11.2 Å². The van der Waals surface area contributed by atoms with E-state index in [2.05, 4.69) is 9.88 Å². The van der Waals surface area contributed by atoms with E-state index in [4.69, 9.17) is 4.74 Å². The van der Waals surface area contributed by atoms with Crippen LogP contribution in [0.1, 0.15) is 33.6 Å². The molecule has 2 fully saturated rings. The van der Waals surface area contributed by atoms with Crippen LogP contribution in [0.2, 0.25) is 0 Å². The Labute approximate surface area is 175 Å². The molecule has 0 N–H and O–H groups in total. The minimum atomic E-state index is -0.491. The number of amides is 1. The molecule has 4 rings (SSSR count). The molecule has 2 aliphatic rings. The highest BCUT2D eigenvalue weighted by atomic mass is 19.1. The Morgan fingerprint density at radius 2 is 1.97 bits per heavy atom. The maximum atomic E-state index is 13.7. The van der Waals surface area contributed by atoms with E-state index >= 15 is 0 Å². The number of hydrogen-bond acceptors (Lipinski definition) is 5. The number of ether oxygens (including phenoxy) is 1. The van der Waals surface area contributed by atoms with Crippen molar-refractivity contribution in [2.24, 2.45) is 5.41 Å². The summed E-state index contributed by atoms with van der Waals surface area (Å²) in [4.78, 5) is 33.0. The van der Waals surface area contributed by atoms with Gasteiger partial charge in [-0.1, -0.05) is 0 Å². The lowest BCUT2D eigenvalue weighted by atomic mass is 9.86. The van der Waals surface area contributed by atoms with Crippen molar-refractivity contribution in [3.63, 3.8) is 0 Å². The summed E-state index contributed by atoms with van der Waals surface area (Å²) in [5.74, 6) is -0.449. The van der Waals surface area contributed by atoms with Gasteiger partial charge in [0.1, 0.15) is 11.4 Å². The topological polar surface area (TPSA) is 67.7 Å². The SMILES string of the molecule is CC(C)(C)OC(=O)N1CCC2(CCN(CCn3c(=O)ccc4ncc(F)cc43)C2)C1. The summed E-state index contributed by atoms with van der Waals surface area (Å²) in [6.45, 7) is 10.1. The number of nitrogens with zero attached hydrogens (tertiary/aromatic N) is 4. The molecule has 4 heterocycles. The van der Waals surface area contributed by atoms with Crippen molar-refractivity contribution in [1.82, 2.24) is 19.4 Å². The molecule has 2 saturated heterocycles. The largest absolute Gasteiger partial charge is 0.444 e. The first kappa shape index (κ1) is 20.8. The first-order chi connectivity index (χ1) is 14.1. The Bertz CT molecular complexity index is 1020. The summed E-state index contributed by atoms with van der Waals surface area (Å²) in [7, 11) is 0. The highest BCUT2D eigenvalue weighted by Gasteiger charge is 2.45. The summed E-state index contributed by atoms with van der Waals surface area (Å²) in [6, 6.07) is 4.47. The fraction of sp³-hybridized carbons (Fsp3) is 0.591. The third-order valence-electron chi connectivity index (χ3n) is 6.05. The molecule has 0 aliphatic carbocycles. The number of pyridine rings is 2. The maximum absolute atomic E-state index is 13.7. The van der Waals surface area contributed by atoms with Gasteiger partial charge in [-0.25, -0.2) is 9.18 Å². The van der Waals surface area contributed by atoms with Gasteiger partial charge in [0.25, 0.3) is 5.56 Å². The number of likely N-dealkylation sites (tertiary alicyclic amines) is 2. The number of halogens is 1. The lowest BCUT2D eigenvalue weighted by molar-refractivity contribution is 0.0274. The highest BCUT2D eigenvalue weighted by molar-refractivity contribution is 5.74. The second kappa shape index (κ2) is 7.65. The normalized spacial score (nSPS) is 22.3. The van der Waals surface area contributed by atoms with Crippen molar-refractivity contribution < 1.29 is 13.9 Å². The van der Waals surface area contributed by atoms with Crippen LogP contribution < -0.4 is 5.56 Å². The van der Waals surface area contributed by atoms with Gasteiger partial charge in [0.15, 0.2) is 0 Å². The highest BCUT2D eigenvalue weighted by Crippen LogP contribution is 2.39. The Hall–Kier alpha value is -2.48. The van der Waals surface area contributed by atoms with Crippen LogP contribution in [0.25, 0.3) is 11.0 Å². The van der Waals surface area contributed by atoms with Gasteiger partial charge in [-0.05, 0) is 46.2 Å². The van der Waals surface area contributed by atoms with Crippen LogP contribution >= 0.6 is 0 Å². The predicted octanol–water partition coefficient (Wildman–Crippen LogP) is 2.87. The average molecular weight is 416 g/mol. The molecule has 0 bridgehead atoms. The van der Waals surface area contributed by atoms with Gasteiger partial charge >= 0.3 is 6.09 Å². The molecule has 0 saturated carbocycles. The first-order valence-electron chi connectivity index (χ1n) is 10.5. The van der Waals surface area contributed by atoms with E-state index in [1.165, 1.54) is 12.1 Å². The molecular weight excluding hydrogens is 387 g/mol. The van der Waals surface area contributed by atoms with E-state index < -0.39 is 11.4 Å². The quantitative estimate of drug-likeness (QED) is 0.770. The van der Waals surface area contributed by atoms with Gasteiger partial charge in [-0.3, -0.25) is 9.78 Å². The molecule has 1 atom stereocenters. The van der Waals surface area contributed by atoms with Crippen LogP contribution in [-0.2, 0) is 11.3 Å². The average Bonchev–Trinajstić information content (AvgIpc) is 3.26. The van der Waals surface area contributed by atoms with Gasteiger partial charge in [-0.15, -0.1) is 0 Å². The van der Waals surface area contributed by atoms with Crippen molar-refractivity contribution in [2.45, 2.75) is 45.8 Å². The van der Waals surface area contributed by atoms with E-state index in [0.717, 1.165) is 38.7 Å². The molecule has 162 valence electrons. The minimum Gasteiger partial charge on any atom is -0.444 e. The number of hydrogen-bond donors (Lipinski definition) is 0. The summed E-state index contributed by atoms with van der Waals surface area (Å²) in [6.07, 6.45) is 2.91.